The van der Waals surface area contributed by atoms with Crippen molar-refractivity contribution in [3.05, 3.63) is 29.8 Å². The van der Waals surface area contributed by atoms with Gasteiger partial charge >= 0.3 is 0 Å². The van der Waals surface area contributed by atoms with Gasteiger partial charge in [0.15, 0.2) is 0 Å². The predicted molar refractivity (Wildman–Crippen MR) is 69.0 cm³/mol. The smallest absolute Gasteiger partial charge is 0.101 e. The van der Waals surface area contributed by atoms with E-state index in [1.54, 1.807) is 0 Å². The minimum atomic E-state index is -0.0896. The highest BCUT2D eigenvalue weighted by Crippen LogP contribution is 2.18. The summed E-state index contributed by atoms with van der Waals surface area (Å²) in [5.41, 5.74) is 1.95. The van der Waals surface area contributed by atoms with Crippen LogP contribution in [-0.4, -0.2) is 36.6 Å². The number of aliphatic hydroxyl groups is 2. The molecule has 1 aromatic rings. The molecule has 0 spiro atoms. The third-order valence-electron chi connectivity index (χ3n) is 2.26. The van der Waals surface area contributed by atoms with E-state index >= 15 is 0 Å². The molecule has 5 heteroatoms. The zero-order chi connectivity index (χ0) is 13.2. The first-order chi connectivity index (χ1) is 8.81. The maximum absolute atomic E-state index is 8.77. The number of anilines is 1. The minimum Gasteiger partial charge on any atom is -0.394 e. The highest BCUT2D eigenvalue weighted by atomic mass is 16.9. The first-order valence-corrected chi connectivity index (χ1v) is 6.18. The lowest BCUT2D eigenvalue weighted by atomic mass is 10.1. The summed E-state index contributed by atoms with van der Waals surface area (Å²) in [5, 5.41) is 18.8. The van der Waals surface area contributed by atoms with Crippen LogP contribution in [0, 0.1) is 0 Å². The fourth-order valence-corrected chi connectivity index (χ4v) is 1.55. The van der Waals surface area contributed by atoms with E-state index in [-0.39, 0.29) is 26.4 Å². The van der Waals surface area contributed by atoms with E-state index in [9.17, 15) is 0 Å². The highest BCUT2D eigenvalue weighted by molar-refractivity contribution is 5.44. The van der Waals surface area contributed by atoms with Crippen LogP contribution in [0.3, 0.4) is 0 Å². The van der Waals surface area contributed by atoms with Gasteiger partial charge in [0.25, 0.3) is 0 Å². The van der Waals surface area contributed by atoms with E-state index in [0.29, 0.717) is 0 Å². The minimum absolute atomic E-state index is 0.0896. The molecule has 0 bridgehead atoms. The Morgan fingerprint density at radius 1 is 1.11 bits per heavy atom. The Balaban J connectivity index is 2.72. The van der Waals surface area contributed by atoms with Gasteiger partial charge in [-0.05, 0) is 24.1 Å². The summed E-state index contributed by atoms with van der Waals surface area (Å²) < 4.78 is 0. The van der Waals surface area contributed by atoms with E-state index in [1.165, 1.54) is 10.8 Å². The Hall–Kier alpha value is -1.14. The molecule has 0 unspecified atom stereocenters. The van der Waals surface area contributed by atoms with E-state index in [0.717, 1.165) is 18.5 Å². The van der Waals surface area contributed by atoms with Crippen LogP contribution in [0.4, 0.5) is 5.69 Å². The Kier molecular flexibility index (Phi) is 7.36. The van der Waals surface area contributed by atoms with Gasteiger partial charge in [-0.3, -0.25) is 0 Å². The molecule has 0 heterocycles. The topological polar surface area (TPSA) is 62.2 Å². The summed E-state index contributed by atoms with van der Waals surface area (Å²) in [6.07, 6.45) is 2.06. The predicted octanol–water partition coefficient (Wildman–Crippen LogP) is 1.29. The number of benzene rings is 1. The van der Waals surface area contributed by atoms with E-state index in [2.05, 4.69) is 6.92 Å². The van der Waals surface area contributed by atoms with Crippen LogP contribution >= 0.6 is 0 Å². The molecule has 0 saturated heterocycles. The summed E-state index contributed by atoms with van der Waals surface area (Å²) in [5.74, 6) is 0. The van der Waals surface area contributed by atoms with Crippen LogP contribution in [0.25, 0.3) is 0 Å². The Bertz CT molecular complexity index is 325. The number of nitrogens with zero attached hydrogens (tertiary/aromatic N) is 1. The van der Waals surface area contributed by atoms with Crippen molar-refractivity contribution in [2.24, 2.45) is 0 Å². The molecule has 1 aromatic carbocycles. The molecule has 102 valence electrons. The van der Waals surface area contributed by atoms with Gasteiger partial charge in [-0.1, -0.05) is 25.5 Å². The number of aryl methyl sites for hydroxylation is 1. The monoisotopic (exact) mass is 255 g/mol. The van der Waals surface area contributed by atoms with Gasteiger partial charge in [0, 0.05) is 0 Å². The van der Waals surface area contributed by atoms with Crippen molar-refractivity contribution in [3.8, 4) is 0 Å². The lowest BCUT2D eigenvalue weighted by Crippen LogP contribution is -2.27. The first-order valence-electron chi connectivity index (χ1n) is 6.18. The van der Waals surface area contributed by atoms with Crippen LogP contribution in [0.5, 0.6) is 0 Å². The van der Waals surface area contributed by atoms with Gasteiger partial charge in [0.2, 0.25) is 0 Å². The SMILES string of the molecule is CCCc1cccc(N(OCCO)OCCO)c1. The van der Waals surface area contributed by atoms with Crippen molar-refractivity contribution in [2.45, 2.75) is 19.8 Å². The molecule has 0 aromatic heterocycles. The van der Waals surface area contributed by atoms with Gasteiger partial charge < -0.3 is 10.2 Å². The van der Waals surface area contributed by atoms with Crippen molar-refractivity contribution >= 4 is 5.69 Å². The second-order valence-electron chi connectivity index (χ2n) is 3.79. The molecular weight excluding hydrogens is 234 g/mol. The maximum Gasteiger partial charge on any atom is 0.101 e. The number of hydrogen-bond donors (Lipinski definition) is 2. The third-order valence-corrected chi connectivity index (χ3v) is 2.26. The van der Waals surface area contributed by atoms with Crippen LogP contribution in [-0.2, 0) is 16.1 Å². The molecule has 5 nitrogen and oxygen atoms in total. The average Bonchev–Trinajstić information content (AvgIpc) is 2.40. The van der Waals surface area contributed by atoms with Crippen molar-refractivity contribution in [1.29, 1.82) is 0 Å². The first kappa shape index (κ1) is 14.9. The van der Waals surface area contributed by atoms with Crippen molar-refractivity contribution < 1.29 is 19.9 Å². The van der Waals surface area contributed by atoms with Crippen LogP contribution < -0.4 is 5.23 Å². The Morgan fingerprint density at radius 3 is 2.33 bits per heavy atom. The van der Waals surface area contributed by atoms with Gasteiger partial charge in [0.05, 0.1) is 18.9 Å². The van der Waals surface area contributed by atoms with Gasteiger partial charge in [-0.25, -0.2) is 9.68 Å². The van der Waals surface area contributed by atoms with E-state index in [4.69, 9.17) is 19.9 Å². The van der Waals surface area contributed by atoms with E-state index < -0.39 is 0 Å². The summed E-state index contributed by atoms with van der Waals surface area (Å²) in [6, 6.07) is 7.80. The quantitative estimate of drug-likeness (QED) is 0.651. The molecule has 0 aliphatic carbocycles. The number of hydrogen-bond acceptors (Lipinski definition) is 5. The second kappa shape index (κ2) is 8.88. The Morgan fingerprint density at radius 2 is 1.78 bits per heavy atom. The molecule has 0 amide bonds. The number of rotatable bonds is 9. The standard InChI is InChI=1S/C13H21NO4/c1-2-4-12-5-3-6-13(11-12)14(17-9-7-15)18-10-8-16/h3,5-6,11,15-16H,2,4,7-10H2,1H3. The van der Waals surface area contributed by atoms with Gasteiger partial charge in [-0.15, -0.1) is 5.23 Å². The zero-order valence-corrected chi connectivity index (χ0v) is 10.7. The molecular formula is C13H21NO4. The fraction of sp³-hybridized carbons (Fsp3) is 0.538. The van der Waals surface area contributed by atoms with Gasteiger partial charge in [0.1, 0.15) is 13.2 Å². The lowest BCUT2D eigenvalue weighted by molar-refractivity contribution is -0.103. The summed E-state index contributed by atoms with van der Waals surface area (Å²) >= 11 is 0. The van der Waals surface area contributed by atoms with Crippen LogP contribution in [0.2, 0.25) is 0 Å². The molecule has 0 aliphatic heterocycles. The lowest BCUT2D eigenvalue weighted by Gasteiger charge is -2.22. The Labute approximate surface area is 107 Å². The number of aliphatic hydroxyl groups excluding tert-OH is 2. The molecule has 1 rings (SSSR count). The fourth-order valence-electron chi connectivity index (χ4n) is 1.55. The zero-order valence-electron chi connectivity index (χ0n) is 10.7. The maximum atomic E-state index is 8.77. The van der Waals surface area contributed by atoms with Crippen molar-refractivity contribution in [3.63, 3.8) is 0 Å². The summed E-state index contributed by atoms with van der Waals surface area (Å²) in [7, 11) is 0. The average molecular weight is 255 g/mol. The molecule has 0 radical (unpaired) electrons. The molecule has 2 N–H and O–H groups in total. The van der Waals surface area contributed by atoms with Crippen molar-refractivity contribution in [2.75, 3.05) is 31.7 Å². The third kappa shape index (κ3) is 5.01. The van der Waals surface area contributed by atoms with Crippen molar-refractivity contribution in [1.82, 2.24) is 0 Å². The normalized spacial score (nSPS) is 10.6. The second-order valence-corrected chi connectivity index (χ2v) is 3.79. The van der Waals surface area contributed by atoms with Crippen LogP contribution in [0.15, 0.2) is 24.3 Å². The van der Waals surface area contributed by atoms with E-state index in [1.807, 2.05) is 24.3 Å². The summed E-state index contributed by atoms with van der Waals surface area (Å²) in [6.45, 7) is 2.23. The molecule has 0 aliphatic rings. The molecule has 18 heavy (non-hydrogen) atoms. The molecule has 0 saturated carbocycles. The summed E-state index contributed by atoms with van der Waals surface area (Å²) in [4.78, 5) is 10.5. The van der Waals surface area contributed by atoms with Gasteiger partial charge in [-0.2, -0.15) is 0 Å². The molecule has 0 fully saturated rings. The van der Waals surface area contributed by atoms with Crippen LogP contribution in [0.1, 0.15) is 18.9 Å². The largest absolute Gasteiger partial charge is 0.394 e. The molecule has 0 atom stereocenters. The highest BCUT2D eigenvalue weighted by Gasteiger charge is 2.08.